The second-order valence-electron chi connectivity index (χ2n) is 2.15. The zero-order valence-corrected chi connectivity index (χ0v) is 7.69. The van der Waals surface area contributed by atoms with E-state index in [9.17, 15) is 4.79 Å². The lowest BCUT2D eigenvalue weighted by Crippen LogP contribution is -2.17. The third-order valence-electron chi connectivity index (χ3n) is 1.26. The fraction of sp³-hybridized carbons (Fsp3) is 0.375. The first kappa shape index (κ1) is 9.19. The monoisotopic (exact) mass is 185 g/mol. The lowest BCUT2D eigenvalue weighted by molar-refractivity contribution is 0.259. The van der Waals surface area contributed by atoms with E-state index >= 15 is 0 Å². The highest BCUT2D eigenvalue weighted by Gasteiger charge is 2.00. The van der Waals surface area contributed by atoms with Crippen molar-refractivity contribution >= 4 is 17.0 Å². The number of hydrogen-bond donors (Lipinski definition) is 1. The Morgan fingerprint density at radius 3 is 3.17 bits per heavy atom. The molecule has 0 fully saturated rings. The second kappa shape index (κ2) is 4.87. The Labute approximate surface area is 75.5 Å². The molecular formula is C8H11NO2S. The summed E-state index contributed by atoms with van der Waals surface area (Å²) < 4.78 is 5.04. The summed E-state index contributed by atoms with van der Waals surface area (Å²) in [5.41, 5.74) is 0. The van der Waals surface area contributed by atoms with Crippen LogP contribution in [0.15, 0.2) is 22.8 Å². The molecular weight excluding hydrogens is 174 g/mol. The van der Waals surface area contributed by atoms with Gasteiger partial charge in [0.2, 0.25) is 0 Å². The lowest BCUT2D eigenvalue weighted by atomic mass is 10.4. The SMILES string of the molecule is CCSC(=O)NCc1ccco1. The maximum absolute atomic E-state index is 10.9. The highest BCUT2D eigenvalue weighted by atomic mass is 32.2. The van der Waals surface area contributed by atoms with Gasteiger partial charge in [0.05, 0.1) is 12.8 Å². The fourth-order valence-electron chi connectivity index (χ4n) is 0.755. The van der Waals surface area contributed by atoms with Gasteiger partial charge in [-0.05, 0) is 17.9 Å². The van der Waals surface area contributed by atoms with E-state index in [1.165, 1.54) is 11.8 Å². The normalized spacial score (nSPS) is 9.75. The summed E-state index contributed by atoms with van der Waals surface area (Å²) in [6.07, 6.45) is 1.59. The van der Waals surface area contributed by atoms with Gasteiger partial charge in [-0.15, -0.1) is 0 Å². The van der Waals surface area contributed by atoms with Gasteiger partial charge in [0.1, 0.15) is 5.76 Å². The van der Waals surface area contributed by atoms with Crippen molar-refractivity contribution in [2.24, 2.45) is 0 Å². The quantitative estimate of drug-likeness (QED) is 0.785. The van der Waals surface area contributed by atoms with E-state index in [1.54, 1.807) is 12.3 Å². The number of furan rings is 1. The Morgan fingerprint density at radius 1 is 1.75 bits per heavy atom. The molecule has 0 unspecified atom stereocenters. The molecule has 12 heavy (non-hydrogen) atoms. The first-order valence-electron chi connectivity index (χ1n) is 3.76. The van der Waals surface area contributed by atoms with E-state index in [1.807, 2.05) is 13.0 Å². The summed E-state index contributed by atoms with van der Waals surface area (Å²) in [7, 11) is 0. The molecule has 0 bridgehead atoms. The first-order valence-corrected chi connectivity index (χ1v) is 4.74. The molecule has 0 aromatic carbocycles. The minimum atomic E-state index is -0.00565. The summed E-state index contributed by atoms with van der Waals surface area (Å²) in [6, 6.07) is 3.63. The van der Waals surface area contributed by atoms with Gasteiger partial charge in [-0.3, -0.25) is 4.79 Å². The zero-order chi connectivity index (χ0) is 8.81. The number of carbonyl (C=O) groups excluding carboxylic acids is 1. The van der Waals surface area contributed by atoms with Crippen LogP contribution in [0.25, 0.3) is 0 Å². The van der Waals surface area contributed by atoms with Crippen molar-refractivity contribution < 1.29 is 9.21 Å². The van der Waals surface area contributed by atoms with Crippen molar-refractivity contribution in [3.63, 3.8) is 0 Å². The third kappa shape index (κ3) is 3.00. The van der Waals surface area contributed by atoms with Crippen LogP contribution in [-0.2, 0) is 6.54 Å². The van der Waals surface area contributed by atoms with Crippen molar-refractivity contribution in [2.45, 2.75) is 13.5 Å². The molecule has 0 radical (unpaired) electrons. The van der Waals surface area contributed by atoms with Crippen LogP contribution >= 0.6 is 11.8 Å². The Morgan fingerprint density at radius 2 is 2.58 bits per heavy atom. The number of carbonyl (C=O) groups is 1. The molecule has 1 amide bonds. The van der Waals surface area contributed by atoms with Crippen molar-refractivity contribution in [3.05, 3.63) is 24.2 Å². The van der Waals surface area contributed by atoms with Crippen molar-refractivity contribution in [1.82, 2.24) is 5.32 Å². The minimum absolute atomic E-state index is 0.00565. The van der Waals surface area contributed by atoms with E-state index < -0.39 is 0 Å². The molecule has 1 heterocycles. The van der Waals surface area contributed by atoms with Crippen LogP contribution in [-0.4, -0.2) is 11.0 Å². The third-order valence-corrected chi connectivity index (χ3v) is 1.96. The zero-order valence-electron chi connectivity index (χ0n) is 6.87. The van der Waals surface area contributed by atoms with Crippen LogP contribution in [0.2, 0.25) is 0 Å². The smallest absolute Gasteiger partial charge is 0.279 e. The Balaban J connectivity index is 2.22. The predicted octanol–water partition coefficient (Wildman–Crippen LogP) is 2.24. The largest absolute Gasteiger partial charge is 0.467 e. The van der Waals surface area contributed by atoms with Gasteiger partial charge in [-0.1, -0.05) is 18.7 Å². The summed E-state index contributed by atoms with van der Waals surface area (Å²) in [5, 5.41) is 2.71. The van der Waals surface area contributed by atoms with Crippen LogP contribution in [0.5, 0.6) is 0 Å². The molecule has 0 saturated carbocycles. The highest BCUT2D eigenvalue weighted by molar-refractivity contribution is 8.13. The molecule has 1 aromatic heterocycles. The van der Waals surface area contributed by atoms with Crippen LogP contribution < -0.4 is 5.32 Å². The molecule has 0 atom stereocenters. The van der Waals surface area contributed by atoms with Crippen LogP contribution in [0.1, 0.15) is 12.7 Å². The molecule has 0 aliphatic rings. The molecule has 0 saturated heterocycles. The first-order chi connectivity index (χ1) is 5.83. The van der Waals surface area contributed by atoms with E-state index in [0.717, 1.165) is 11.5 Å². The topological polar surface area (TPSA) is 42.2 Å². The number of thioether (sulfide) groups is 1. The van der Waals surface area contributed by atoms with Crippen LogP contribution in [0.4, 0.5) is 4.79 Å². The Hall–Kier alpha value is -0.900. The maximum atomic E-state index is 10.9. The van der Waals surface area contributed by atoms with Gasteiger partial charge in [0.15, 0.2) is 0 Å². The van der Waals surface area contributed by atoms with Gasteiger partial charge in [0, 0.05) is 0 Å². The van der Waals surface area contributed by atoms with Gasteiger partial charge in [-0.2, -0.15) is 0 Å². The molecule has 1 N–H and O–H groups in total. The lowest BCUT2D eigenvalue weighted by Gasteiger charge is -1.99. The molecule has 0 aliphatic heterocycles. The van der Waals surface area contributed by atoms with Crippen molar-refractivity contribution in [3.8, 4) is 0 Å². The fourth-order valence-corrected chi connectivity index (χ4v) is 1.19. The average molecular weight is 185 g/mol. The molecule has 0 spiro atoms. The summed E-state index contributed by atoms with van der Waals surface area (Å²) in [4.78, 5) is 10.9. The van der Waals surface area contributed by atoms with Gasteiger partial charge < -0.3 is 9.73 Å². The molecule has 66 valence electrons. The van der Waals surface area contributed by atoms with Crippen LogP contribution in [0, 0.1) is 0 Å². The summed E-state index contributed by atoms with van der Waals surface area (Å²) >= 11 is 1.26. The molecule has 3 nitrogen and oxygen atoms in total. The second-order valence-corrected chi connectivity index (χ2v) is 3.39. The van der Waals surface area contributed by atoms with Crippen LogP contribution in [0.3, 0.4) is 0 Å². The van der Waals surface area contributed by atoms with Gasteiger partial charge in [-0.25, -0.2) is 0 Å². The molecule has 0 aliphatic carbocycles. The summed E-state index contributed by atoms with van der Waals surface area (Å²) in [5.74, 6) is 1.57. The maximum Gasteiger partial charge on any atom is 0.279 e. The van der Waals surface area contributed by atoms with E-state index in [-0.39, 0.29) is 5.24 Å². The molecule has 1 rings (SSSR count). The standard InChI is InChI=1S/C8H11NO2S/c1-2-12-8(10)9-6-7-4-3-5-11-7/h3-5H,2,6H2,1H3,(H,9,10). The number of rotatable bonds is 3. The Kier molecular flexibility index (Phi) is 3.73. The average Bonchev–Trinajstić information content (AvgIpc) is 2.53. The highest BCUT2D eigenvalue weighted by Crippen LogP contribution is 2.02. The van der Waals surface area contributed by atoms with Crippen molar-refractivity contribution in [2.75, 3.05) is 5.75 Å². The molecule has 4 heteroatoms. The summed E-state index contributed by atoms with van der Waals surface area (Å²) in [6.45, 7) is 2.41. The van der Waals surface area contributed by atoms with E-state index in [0.29, 0.717) is 6.54 Å². The van der Waals surface area contributed by atoms with Gasteiger partial charge >= 0.3 is 0 Å². The van der Waals surface area contributed by atoms with Gasteiger partial charge in [0.25, 0.3) is 5.24 Å². The number of hydrogen-bond acceptors (Lipinski definition) is 3. The number of nitrogens with one attached hydrogen (secondary N) is 1. The number of amides is 1. The minimum Gasteiger partial charge on any atom is -0.467 e. The Bertz CT molecular complexity index is 233. The van der Waals surface area contributed by atoms with E-state index in [4.69, 9.17) is 4.42 Å². The molecule has 1 aromatic rings. The van der Waals surface area contributed by atoms with Crippen molar-refractivity contribution in [1.29, 1.82) is 0 Å². The predicted molar refractivity (Wildman–Crippen MR) is 49.1 cm³/mol. The van der Waals surface area contributed by atoms with E-state index in [2.05, 4.69) is 5.32 Å².